The van der Waals surface area contributed by atoms with Crippen LogP contribution in [0.15, 0.2) is 24.3 Å². The highest BCUT2D eigenvalue weighted by atomic mass is 32.2. The van der Waals surface area contributed by atoms with E-state index in [1.165, 1.54) is 23.5 Å². The molecular formula is C14H18N2O5S. The average Bonchev–Trinajstić information content (AvgIpc) is 2.97. The number of amides is 1. The molecule has 2 rings (SSSR count). The zero-order valence-electron chi connectivity index (χ0n) is 12.4. The normalized spacial score (nSPS) is 18.9. The van der Waals surface area contributed by atoms with Gasteiger partial charge in [0.1, 0.15) is 6.04 Å². The zero-order valence-corrected chi connectivity index (χ0v) is 13.2. The van der Waals surface area contributed by atoms with E-state index in [-0.39, 0.29) is 5.91 Å². The summed E-state index contributed by atoms with van der Waals surface area (Å²) in [6.45, 7) is 0.359. The molecule has 0 bridgehead atoms. The van der Waals surface area contributed by atoms with Gasteiger partial charge in [0.15, 0.2) is 0 Å². The number of hydrogen-bond donors (Lipinski definition) is 1. The van der Waals surface area contributed by atoms with Crippen molar-refractivity contribution in [1.82, 2.24) is 4.31 Å². The molecule has 0 unspecified atom stereocenters. The van der Waals surface area contributed by atoms with E-state index in [9.17, 15) is 18.0 Å². The molecule has 0 spiro atoms. The maximum atomic E-state index is 12.2. The Bertz CT molecular complexity index is 669. The number of methoxy groups -OCH3 is 1. The van der Waals surface area contributed by atoms with Crippen molar-refractivity contribution in [2.24, 2.45) is 0 Å². The maximum Gasteiger partial charge on any atom is 0.337 e. The Morgan fingerprint density at radius 2 is 1.91 bits per heavy atom. The molecule has 1 heterocycles. The Balaban J connectivity index is 2.07. The van der Waals surface area contributed by atoms with Gasteiger partial charge in [0.2, 0.25) is 15.9 Å². The quantitative estimate of drug-likeness (QED) is 0.828. The molecule has 1 aromatic carbocycles. The van der Waals surface area contributed by atoms with Gasteiger partial charge in [0.05, 0.1) is 18.9 Å². The number of nitrogens with one attached hydrogen (secondary N) is 1. The number of anilines is 1. The fourth-order valence-corrected chi connectivity index (χ4v) is 3.56. The summed E-state index contributed by atoms with van der Waals surface area (Å²) >= 11 is 0. The Hall–Kier alpha value is -1.93. The highest BCUT2D eigenvalue weighted by Gasteiger charge is 2.36. The fourth-order valence-electron chi connectivity index (χ4n) is 2.43. The second-order valence-corrected chi connectivity index (χ2v) is 7.02. The maximum absolute atomic E-state index is 12.2. The number of sulfonamides is 1. The first-order valence-corrected chi connectivity index (χ1v) is 8.64. The monoisotopic (exact) mass is 326 g/mol. The number of rotatable bonds is 4. The Morgan fingerprint density at radius 1 is 1.27 bits per heavy atom. The van der Waals surface area contributed by atoms with E-state index in [0.717, 1.165) is 6.26 Å². The first-order valence-electron chi connectivity index (χ1n) is 6.79. The SMILES string of the molecule is COC(=O)c1ccc(NC(=O)[C@@H]2CCCN2S(C)(=O)=O)cc1. The lowest BCUT2D eigenvalue weighted by Crippen LogP contribution is -2.42. The van der Waals surface area contributed by atoms with E-state index >= 15 is 0 Å². The topological polar surface area (TPSA) is 92.8 Å². The van der Waals surface area contributed by atoms with E-state index in [1.807, 2.05) is 0 Å². The largest absolute Gasteiger partial charge is 0.465 e. The number of hydrogen-bond acceptors (Lipinski definition) is 5. The molecular weight excluding hydrogens is 308 g/mol. The first-order chi connectivity index (χ1) is 10.3. The third kappa shape index (κ3) is 3.63. The molecule has 1 aliphatic heterocycles. The molecule has 0 saturated carbocycles. The van der Waals surface area contributed by atoms with Crippen LogP contribution in [-0.2, 0) is 19.6 Å². The van der Waals surface area contributed by atoms with Crippen LogP contribution in [0.3, 0.4) is 0 Å². The van der Waals surface area contributed by atoms with Crippen molar-refractivity contribution in [2.75, 3.05) is 25.2 Å². The van der Waals surface area contributed by atoms with Gasteiger partial charge in [-0.2, -0.15) is 4.31 Å². The lowest BCUT2D eigenvalue weighted by atomic mass is 10.2. The minimum Gasteiger partial charge on any atom is -0.465 e. The van der Waals surface area contributed by atoms with Crippen LogP contribution < -0.4 is 5.32 Å². The molecule has 0 radical (unpaired) electrons. The van der Waals surface area contributed by atoms with Crippen molar-refractivity contribution in [1.29, 1.82) is 0 Å². The molecule has 0 aromatic heterocycles. The van der Waals surface area contributed by atoms with Crippen LogP contribution in [0.2, 0.25) is 0 Å². The number of benzene rings is 1. The molecule has 1 amide bonds. The number of ether oxygens (including phenoxy) is 1. The van der Waals surface area contributed by atoms with Gasteiger partial charge in [-0.05, 0) is 37.1 Å². The molecule has 7 nitrogen and oxygen atoms in total. The van der Waals surface area contributed by atoms with Crippen LogP contribution in [0, 0.1) is 0 Å². The minimum absolute atomic E-state index is 0.359. The van der Waals surface area contributed by atoms with Gasteiger partial charge in [-0.25, -0.2) is 13.2 Å². The van der Waals surface area contributed by atoms with Gasteiger partial charge in [-0.15, -0.1) is 0 Å². The number of carbonyl (C=O) groups excluding carboxylic acids is 2. The van der Waals surface area contributed by atoms with Crippen LogP contribution >= 0.6 is 0 Å². The summed E-state index contributed by atoms with van der Waals surface area (Å²) in [5.74, 6) is -0.828. The zero-order chi connectivity index (χ0) is 16.3. The Kier molecular flexibility index (Phi) is 4.82. The number of nitrogens with zero attached hydrogens (tertiary/aromatic N) is 1. The molecule has 1 atom stereocenters. The van der Waals surface area contributed by atoms with Crippen molar-refractivity contribution >= 4 is 27.6 Å². The second-order valence-electron chi connectivity index (χ2n) is 5.09. The fraction of sp³-hybridized carbons (Fsp3) is 0.429. The molecule has 8 heteroatoms. The molecule has 1 aliphatic rings. The summed E-state index contributed by atoms with van der Waals surface area (Å²) in [7, 11) is -2.11. The van der Waals surface area contributed by atoms with Crippen LogP contribution in [-0.4, -0.2) is 50.6 Å². The predicted octanol–water partition coefficient (Wildman–Crippen LogP) is 0.836. The summed E-state index contributed by atoms with van der Waals surface area (Å²) in [4.78, 5) is 23.6. The van der Waals surface area contributed by atoms with Crippen molar-refractivity contribution in [3.63, 3.8) is 0 Å². The average molecular weight is 326 g/mol. The van der Waals surface area contributed by atoms with Gasteiger partial charge >= 0.3 is 5.97 Å². The standard InChI is InChI=1S/C14H18N2O5S/c1-21-14(18)10-5-7-11(8-6-10)15-13(17)12-4-3-9-16(12)22(2,19)20/h5-8,12H,3-4,9H2,1-2H3,(H,15,17)/t12-/m0/s1. The summed E-state index contributed by atoms with van der Waals surface area (Å²) in [6.07, 6.45) is 2.26. The summed E-state index contributed by atoms with van der Waals surface area (Å²) in [5.41, 5.74) is 0.872. The van der Waals surface area contributed by atoms with Gasteiger partial charge in [0.25, 0.3) is 0 Å². The van der Waals surface area contributed by atoms with Crippen LogP contribution in [0.25, 0.3) is 0 Å². The lowest BCUT2D eigenvalue weighted by Gasteiger charge is -2.21. The number of esters is 1. The molecule has 22 heavy (non-hydrogen) atoms. The van der Waals surface area contributed by atoms with Crippen LogP contribution in [0.4, 0.5) is 5.69 Å². The molecule has 1 saturated heterocycles. The molecule has 1 fully saturated rings. The Labute approximate surface area is 129 Å². The predicted molar refractivity (Wildman–Crippen MR) is 81.0 cm³/mol. The van der Waals surface area contributed by atoms with E-state index < -0.39 is 22.0 Å². The minimum atomic E-state index is -3.40. The Morgan fingerprint density at radius 3 is 2.45 bits per heavy atom. The lowest BCUT2D eigenvalue weighted by molar-refractivity contribution is -0.119. The highest BCUT2D eigenvalue weighted by Crippen LogP contribution is 2.22. The summed E-state index contributed by atoms with van der Waals surface area (Å²) in [6, 6.07) is 5.53. The van der Waals surface area contributed by atoms with Crippen LogP contribution in [0.5, 0.6) is 0 Å². The highest BCUT2D eigenvalue weighted by molar-refractivity contribution is 7.88. The van der Waals surface area contributed by atoms with Gasteiger partial charge < -0.3 is 10.1 Å². The molecule has 120 valence electrons. The number of carbonyl (C=O) groups is 2. The van der Waals surface area contributed by atoms with Crippen molar-refractivity contribution in [3.8, 4) is 0 Å². The van der Waals surface area contributed by atoms with E-state index in [4.69, 9.17) is 0 Å². The smallest absolute Gasteiger partial charge is 0.337 e. The van der Waals surface area contributed by atoms with Gasteiger partial charge in [-0.1, -0.05) is 0 Å². The molecule has 1 aromatic rings. The molecule has 0 aliphatic carbocycles. The first kappa shape index (κ1) is 16.4. The van der Waals surface area contributed by atoms with E-state index in [2.05, 4.69) is 10.1 Å². The van der Waals surface area contributed by atoms with Crippen molar-refractivity contribution in [3.05, 3.63) is 29.8 Å². The van der Waals surface area contributed by atoms with Crippen molar-refractivity contribution < 1.29 is 22.7 Å². The summed E-state index contributed by atoms with van der Waals surface area (Å²) in [5, 5.41) is 2.67. The third-order valence-corrected chi connectivity index (χ3v) is 4.79. The third-order valence-electron chi connectivity index (χ3n) is 3.51. The van der Waals surface area contributed by atoms with E-state index in [0.29, 0.717) is 30.6 Å². The molecule has 1 N–H and O–H groups in total. The second kappa shape index (κ2) is 6.45. The van der Waals surface area contributed by atoms with Gasteiger partial charge in [0, 0.05) is 12.2 Å². The van der Waals surface area contributed by atoms with E-state index in [1.54, 1.807) is 12.1 Å². The summed E-state index contributed by atoms with van der Waals surface area (Å²) < 4.78 is 29.1. The van der Waals surface area contributed by atoms with Crippen molar-refractivity contribution in [2.45, 2.75) is 18.9 Å². The van der Waals surface area contributed by atoms with Crippen LogP contribution in [0.1, 0.15) is 23.2 Å². The van der Waals surface area contributed by atoms with Gasteiger partial charge in [-0.3, -0.25) is 4.79 Å².